The van der Waals surface area contributed by atoms with Gasteiger partial charge in [-0.05, 0) is 30.3 Å². The van der Waals surface area contributed by atoms with Crippen molar-refractivity contribution in [2.45, 2.75) is 6.18 Å². The number of alkyl halides is 3. The number of amides is 2. The van der Waals surface area contributed by atoms with Crippen molar-refractivity contribution in [3.63, 3.8) is 0 Å². The van der Waals surface area contributed by atoms with E-state index < -0.39 is 23.6 Å². The molecule has 0 fully saturated rings. The maximum absolute atomic E-state index is 12.8. The van der Waals surface area contributed by atoms with E-state index in [4.69, 9.17) is 0 Å². The highest BCUT2D eigenvalue weighted by molar-refractivity contribution is 9.10. The van der Waals surface area contributed by atoms with Crippen LogP contribution in [0.2, 0.25) is 0 Å². The Morgan fingerprint density at radius 3 is 2.28 bits per heavy atom. The molecule has 2 N–H and O–H groups in total. The molecule has 25 heavy (non-hydrogen) atoms. The third-order valence-electron chi connectivity index (χ3n) is 2.94. The smallest absolute Gasteiger partial charge is 0.318 e. The van der Waals surface area contributed by atoms with Crippen LogP contribution in [0.3, 0.4) is 0 Å². The normalized spacial score (nSPS) is 11.4. The number of carbonyl (C=O) groups is 2. The van der Waals surface area contributed by atoms with Gasteiger partial charge < -0.3 is 5.32 Å². The molecule has 130 valence electrons. The highest BCUT2D eigenvalue weighted by Gasteiger charge is 2.32. The van der Waals surface area contributed by atoms with E-state index >= 15 is 0 Å². The number of halogens is 4. The number of rotatable bonds is 3. The molecular formula is C16H11BrF3N3O2. The lowest BCUT2D eigenvalue weighted by Gasteiger charge is -2.09. The Morgan fingerprint density at radius 2 is 1.64 bits per heavy atom. The lowest BCUT2D eigenvalue weighted by atomic mass is 10.1. The Morgan fingerprint density at radius 1 is 1.00 bits per heavy atom. The quantitative estimate of drug-likeness (QED) is 0.458. The van der Waals surface area contributed by atoms with E-state index in [1.54, 1.807) is 24.3 Å². The first-order chi connectivity index (χ1) is 11.8. The summed E-state index contributed by atoms with van der Waals surface area (Å²) >= 11 is 3.23. The first-order valence-corrected chi connectivity index (χ1v) is 7.63. The highest BCUT2D eigenvalue weighted by Crippen LogP contribution is 2.31. The first-order valence-electron chi connectivity index (χ1n) is 6.83. The summed E-state index contributed by atoms with van der Waals surface area (Å²) in [6.07, 6.45) is -3.72. The molecule has 0 bridgehead atoms. The second-order valence-electron chi connectivity index (χ2n) is 4.75. The standard InChI is InChI=1S/C16H11BrF3N3O2/c17-11-5-7-12(8-6-11)22-14(24)15(25)23-21-9-10-3-1-2-4-13(10)16(18,19)20/h1-9H,(H,22,24)(H,23,25)/b21-9+. The van der Waals surface area contributed by atoms with Gasteiger partial charge in [-0.25, -0.2) is 5.43 Å². The molecule has 0 radical (unpaired) electrons. The van der Waals surface area contributed by atoms with Crippen LogP contribution in [0.15, 0.2) is 58.1 Å². The van der Waals surface area contributed by atoms with E-state index in [1.165, 1.54) is 18.2 Å². The van der Waals surface area contributed by atoms with Crippen molar-refractivity contribution >= 4 is 39.6 Å². The number of benzene rings is 2. The van der Waals surface area contributed by atoms with Crippen LogP contribution in [0, 0.1) is 0 Å². The van der Waals surface area contributed by atoms with Gasteiger partial charge in [-0.1, -0.05) is 34.1 Å². The summed E-state index contributed by atoms with van der Waals surface area (Å²) in [7, 11) is 0. The molecule has 2 amide bonds. The van der Waals surface area contributed by atoms with Gasteiger partial charge in [0.25, 0.3) is 0 Å². The van der Waals surface area contributed by atoms with Gasteiger partial charge >= 0.3 is 18.0 Å². The SMILES string of the molecule is O=C(N/N=C/c1ccccc1C(F)(F)F)C(=O)Nc1ccc(Br)cc1. The number of hydrogen-bond acceptors (Lipinski definition) is 3. The van der Waals surface area contributed by atoms with Gasteiger partial charge in [0, 0.05) is 15.7 Å². The Bertz CT molecular complexity index is 805. The van der Waals surface area contributed by atoms with Crippen LogP contribution in [0.1, 0.15) is 11.1 Å². The number of nitrogens with zero attached hydrogens (tertiary/aromatic N) is 1. The molecule has 2 aromatic rings. The molecule has 2 rings (SSSR count). The van der Waals surface area contributed by atoms with Gasteiger partial charge in [-0.2, -0.15) is 18.3 Å². The predicted octanol–water partition coefficient (Wildman–Crippen LogP) is 3.56. The summed E-state index contributed by atoms with van der Waals surface area (Å²) in [6.45, 7) is 0. The van der Waals surface area contributed by atoms with Gasteiger partial charge in [0.1, 0.15) is 0 Å². The van der Waals surface area contributed by atoms with Gasteiger partial charge in [0.15, 0.2) is 0 Å². The second kappa shape index (κ2) is 7.93. The maximum Gasteiger partial charge on any atom is 0.417 e. The minimum atomic E-state index is -4.55. The summed E-state index contributed by atoms with van der Waals surface area (Å²) in [6, 6.07) is 11.2. The van der Waals surface area contributed by atoms with Crippen LogP contribution < -0.4 is 10.7 Å². The van der Waals surface area contributed by atoms with E-state index in [0.29, 0.717) is 5.69 Å². The molecule has 0 unspecified atom stereocenters. The molecule has 0 saturated heterocycles. The van der Waals surface area contributed by atoms with Gasteiger partial charge in [0.2, 0.25) is 0 Å². The van der Waals surface area contributed by atoms with Crippen molar-refractivity contribution in [3.8, 4) is 0 Å². The Kier molecular flexibility index (Phi) is 5.92. The van der Waals surface area contributed by atoms with Crippen molar-refractivity contribution in [3.05, 3.63) is 64.1 Å². The predicted molar refractivity (Wildman–Crippen MR) is 90.0 cm³/mol. The van der Waals surface area contributed by atoms with Crippen molar-refractivity contribution in [1.82, 2.24) is 5.43 Å². The fourth-order valence-electron chi connectivity index (χ4n) is 1.80. The number of nitrogens with one attached hydrogen (secondary N) is 2. The van der Waals surface area contributed by atoms with E-state index in [9.17, 15) is 22.8 Å². The lowest BCUT2D eigenvalue weighted by molar-refractivity contribution is -0.137. The second-order valence-corrected chi connectivity index (χ2v) is 5.66. The van der Waals surface area contributed by atoms with Crippen LogP contribution in [0.4, 0.5) is 18.9 Å². The first kappa shape index (κ1) is 18.7. The van der Waals surface area contributed by atoms with Crippen LogP contribution in [0.25, 0.3) is 0 Å². The Hall–Kier alpha value is -2.68. The zero-order valence-corrected chi connectivity index (χ0v) is 14.1. The summed E-state index contributed by atoms with van der Waals surface area (Å²) in [4.78, 5) is 23.3. The Balaban J connectivity index is 1.99. The van der Waals surface area contributed by atoms with E-state index in [1.807, 2.05) is 5.43 Å². The van der Waals surface area contributed by atoms with Gasteiger partial charge in [0.05, 0.1) is 11.8 Å². The number of hydrogen-bond donors (Lipinski definition) is 2. The monoisotopic (exact) mass is 413 g/mol. The molecule has 0 aliphatic carbocycles. The minimum absolute atomic E-state index is 0.233. The number of anilines is 1. The molecular weight excluding hydrogens is 403 g/mol. The molecule has 0 heterocycles. The molecule has 5 nitrogen and oxygen atoms in total. The fraction of sp³-hybridized carbons (Fsp3) is 0.0625. The van der Waals surface area contributed by atoms with E-state index in [-0.39, 0.29) is 5.56 Å². The third kappa shape index (κ3) is 5.42. The summed E-state index contributed by atoms with van der Waals surface area (Å²) in [5.74, 6) is -2.10. The molecule has 0 saturated carbocycles. The highest BCUT2D eigenvalue weighted by atomic mass is 79.9. The zero-order valence-electron chi connectivity index (χ0n) is 12.5. The van der Waals surface area contributed by atoms with Crippen LogP contribution >= 0.6 is 15.9 Å². The summed E-state index contributed by atoms with van der Waals surface area (Å²) in [5.41, 5.74) is 1.14. The fourth-order valence-corrected chi connectivity index (χ4v) is 2.06. The summed E-state index contributed by atoms with van der Waals surface area (Å²) in [5, 5.41) is 5.73. The topological polar surface area (TPSA) is 70.6 Å². The molecule has 9 heteroatoms. The van der Waals surface area contributed by atoms with Crippen molar-refractivity contribution in [2.75, 3.05) is 5.32 Å². The van der Waals surface area contributed by atoms with Crippen LogP contribution in [0.5, 0.6) is 0 Å². The minimum Gasteiger partial charge on any atom is -0.318 e. The van der Waals surface area contributed by atoms with Crippen molar-refractivity contribution in [1.29, 1.82) is 0 Å². The molecule has 0 atom stereocenters. The van der Waals surface area contributed by atoms with Gasteiger partial charge in [-0.15, -0.1) is 0 Å². The largest absolute Gasteiger partial charge is 0.417 e. The number of carbonyl (C=O) groups excluding carboxylic acids is 2. The van der Waals surface area contributed by atoms with Gasteiger partial charge in [-0.3, -0.25) is 9.59 Å². The van der Waals surface area contributed by atoms with Crippen LogP contribution in [-0.2, 0) is 15.8 Å². The van der Waals surface area contributed by atoms with E-state index in [0.717, 1.165) is 16.8 Å². The maximum atomic E-state index is 12.8. The third-order valence-corrected chi connectivity index (χ3v) is 3.47. The zero-order chi connectivity index (χ0) is 18.4. The van der Waals surface area contributed by atoms with Crippen LogP contribution in [-0.4, -0.2) is 18.0 Å². The van der Waals surface area contributed by atoms with Crippen molar-refractivity contribution < 1.29 is 22.8 Å². The molecule has 2 aromatic carbocycles. The lowest BCUT2D eigenvalue weighted by Crippen LogP contribution is -2.32. The van der Waals surface area contributed by atoms with Crippen molar-refractivity contribution in [2.24, 2.45) is 5.10 Å². The molecule has 0 aliphatic rings. The number of hydrazone groups is 1. The summed E-state index contributed by atoms with van der Waals surface area (Å²) < 4.78 is 39.2. The molecule has 0 aliphatic heterocycles. The Labute approximate surface area is 149 Å². The van der Waals surface area contributed by atoms with E-state index in [2.05, 4.69) is 26.3 Å². The average Bonchev–Trinajstić information content (AvgIpc) is 2.56. The average molecular weight is 414 g/mol. The molecule has 0 spiro atoms. The molecule has 0 aromatic heterocycles.